The summed E-state index contributed by atoms with van der Waals surface area (Å²) >= 11 is 0. The molecule has 10 fully saturated rings. The van der Waals surface area contributed by atoms with Crippen molar-refractivity contribution in [3.05, 3.63) is 0 Å². The van der Waals surface area contributed by atoms with Gasteiger partial charge >= 0.3 is 0 Å². The van der Waals surface area contributed by atoms with Crippen LogP contribution in [0.3, 0.4) is 0 Å². The van der Waals surface area contributed by atoms with E-state index in [4.69, 9.17) is 0 Å². The van der Waals surface area contributed by atoms with Crippen molar-refractivity contribution in [2.45, 2.75) is 282 Å². The van der Waals surface area contributed by atoms with E-state index in [-0.39, 0.29) is 0 Å². The second kappa shape index (κ2) is 19.8. The molecule has 4 atom stereocenters. The first-order valence-electron chi connectivity index (χ1n) is 28.9. The summed E-state index contributed by atoms with van der Waals surface area (Å²) < 4.78 is 0. The van der Waals surface area contributed by atoms with Gasteiger partial charge in [0.05, 0.1) is 0 Å². The Kier molecular flexibility index (Phi) is 14.5. The van der Waals surface area contributed by atoms with Crippen LogP contribution in [0.25, 0.3) is 0 Å². The van der Waals surface area contributed by atoms with Gasteiger partial charge in [-0.3, -0.25) is 9.80 Å². The third-order valence-electron chi connectivity index (χ3n) is 22.7. The summed E-state index contributed by atoms with van der Waals surface area (Å²) in [7, 11) is 0. The van der Waals surface area contributed by atoms with Crippen molar-refractivity contribution in [3.8, 4) is 0 Å². The Morgan fingerprint density at radius 2 is 0.467 bits per heavy atom. The predicted molar refractivity (Wildman–Crippen MR) is 255 cm³/mol. The summed E-state index contributed by atoms with van der Waals surface area (Å²) in [6.45, 7) is 10.2. The molecule has 60 heavy (non-hydrogen) atoms. The fraction of sp³-hybridized carbons (Fsp3) is 1.00. The number of fused-ring (bicyclic) bond motifs is 1. The summed E-state index contributed by atoms with van der Waals surface area (Å²) in [5, 5.41) is 0. The smallest absolute Gasteiger partial charge is 0.0133 e. The van der Waals surface area contributed by atoms with E-state index in [0.29, 0.717) is 0 Å². The van der Waals surface area contributed by atoms with E-state index in [0.717, 1.165) is 119 Å². The predicted octanol–water partition coefficient (Wildman–Crippen LogP) is 15.9. The molecule has 0 aromatic carbocycles. The topological polar surface area (TPSA) is 6.48 Å². The van der Waals surface area contributed by atoms with Crippen LogP contribution in [-0.2, 0) is 0 Å². The van der Waals surface area contributed by atoms with Gasteiger partial charge in [-0.05, 0) is 263 Å². The standard InChI is InChI=1S/C58H100N2/c1-39-9-17-43(18-10-39)47-35-49(36-47)45-21-29-53(30-22-45)59(51-25-13-41(3)14-26-51)57-33-34-58(56-8-6-5-7-55(56)57)60(52-27-15-42(4)16-28-52)54-31-23-46(24-32-54)50-37-48(38-50)44-19-11-40(2)12-20-44/h39-58H,5-38H2,1-4H3. The highest BCUT2D eigenvalue weighted by Gasteiger charge is 2.51. The highest BCUT2D eigenvalue weighted by atomic mass is 15.3. The van der Waals surface area contributed by atoms with E-state index < -0.39 is 0 Å². The van der Waals surface area contributed by atoms with Crippen LogP contribution >= 0.6 is 0 Å². The molecule has 0 N–H and O–H groups in total. The van der Waals surface area contributed by atoms with Crippen LogP contribution in [-0.4, -0.2) is 46.1 Å². The van der Waals surface area contributed by atoms with Crippen molar-refractivity contribution in [3.63, 3.8) is 0 Å². The molecule has 342 valence electrons. The molecule has 4 unspecified atom stereocenters. The third kappa shape index (κ3) is 9.59. The molecule has 0 aromatic rings. The summed E-state index contributed by atoms with van der Waals surface area (Å²) in [4.78, 5) is 6.84. The summed E-state index contributed by atoms with van der Waals surface area (Å²) in [6.07, 6.45) is 52.6. The quantitative estimate of drug-likeness (QED) is 0.217. The zero-order valence-corrected chi connectivity index (χ0v) is 40.5. The van der Waals surface area contributed by atoms with Crippen molar-refractivity contribution >= 4 is 0 Å². The molecule has 0 aromatic heterocycles. The zero-order valence-electron chi connectivity index (χ0n) is 40.5. The molecule has 0 amide bonds. The fourth-order valence-corrected chi connectivity index (χ4v) is 18.6. The first-order valence-corrected chi connectivity index (χ1v) is 28.9. The average molecular weight is 825 g/mol. The number of hydrogen-bond donors (Lipinski definition) is 0. The second-order valence-electron chi connectivity index (χ2n) is 26.2. The fourth-order valence-electron chi connectivity index (χ4n) is 18.6. The van der Waals surface area contributed by atoms with Crippen LogP contribution in [0.2, 0.25) is 0 Å². The maximum absolute atomic E-state index is 3.42. The first-order chi connectivity index (χ1) is 29.3. The molecule has 2 heteroatoms. The molecule has 0 aliphatic heterocycles. The Hall–Kier alpha value is -0.0800. The average Bonchev–Trinajstić information content (AvgIpc) is 3.24. The van der Waals surface area contributed by atoms with Crippen LogP contribution in [0, 0.1) is 82.9 Å². The van der Waals surface area contributed by atoms with Crippen molar-refractivity contribution in [2.75, 3.05) is 0 Å². The van der Waals surface area contributed by atoms with Crippen LogP contribution < -0.4 is 0 Å². The molecule has 0 radical (unpaired) electrons. The minimum Gasteiger partial charge on any atom is -0.294 e. The van der Waals surface area contributed by atoms with E-state index in [2.05, 4.69) is 37.5 Å². The minimum absolute atomic E-state index is 0.896. The lowest BCUT2D eigenvalue weighted by atomic mass is 9.58. The van der Waals surface area contributed by atoms with Crippen LogP contribution in [0.4, 0.5) is 0 Å². The molecule has 2 nitrogen and oxygen atoms in total. The lowest BCUT2D eigenvalue weighted by molar-refractivity contribution is -0.0929. The lowest BCUT2D eigenvalue weighted by Gasteiger charge is -2.59. The van der Waals surface area contributed by atoms with Crippen molar-refractivity contribution < 1.29 is 0 Å². The van der Waals surface area contributed by atoms with Gasteiger partial charge in [0, 0.05) is 36.3 Å². The summed E-state index contributed by atoms with van der Waals surface area (Å²) in [6, 6.07) is 5.39. The van der Waals surface area contributed by atoms with E-state index in [1.165, 1.54) is 89.9 Å². The maximum atomic E-state index is 3.42. The third-order valence-corrected chi connectivity index (χ3v) is 22.7. The second-order valence-corrected chi connectivity index (χ2v) is 26.2. The maximum Gasteiger partial charge on any atom is 0.0133 e. The highest BCUT2D eigenvalue weighted by Crippen LogP contribution is 2.55. The van der Waals surface area contributed by atoms with Gasteiger partial charge in [-0.1, -0.05) is 66.2 Å². The van der Waals surface area contributed by atoms with Gasteiger partial charge in [-0.25, -0.2) is 0 Å². The van der Waals surface area contributed by atoms with E-state index in [1.807, 2.05) is 0 Å². The van der Waals surface area contributed by atoms with Crippen LogP contribution in [0.5, 0.6) is 0 Å². The lowest BCUT2D eigenvalue weighted by Crippen LogP contribution is -2.63. The van der Waals surface area contributed by atoms with E-state index >= 15 is 0 Å². The SMILES string of the molecule is CC1CCC(C2CC(C3CCC(N(C4CCC(C)CC4)C4CCC(N(C5CCC(C)CC5)C5CCC(C6CC(C7CCC(C)CC7)C6)CC5)C5CCCCC54)CC3)C2)CC1. The summed E-state index contributed by atoms with van der Waals surface area (Å²) in [5.41, 5.74) is 0. The van der Waals surface area contributed by atoms with E-state index in [9.17, 15) is 0 Å². The van der Waals surface area contributed by atoms with Crippen molar-refractivity contribution in [2.24, 2.45) is 82.9 Å². The van der Waals surface area contributed by atoms with Gasteiger partial charge in [0.15, 0.2) is 0 Å². The molecule has 10 rings (SSSR count). The Balaban J connectivity index is 0.802. The molecular weight excluding hydrogens is 725 g/mol. The Bertz CT molecular complexity index is 1180. The zero-order chi connectivity index (χ0) is 40.7. The molecule has 10 saturated carbocycles. The van der Waals surface area contributed by atoms with Crippen LogP contribution in [0.15, 0.2) is 0 Å². The molecule has 10 aliphatic rings. The molecule has 10 aliphatic carbocycles. The van der Waals surface area contributed by atoms with Crippen molar-refractivity contribution in [1.82, 2.24) is 9.80 Å². The van der Waals surface area contributed by atoms with E-state index in [1.54, 1.807) is 128 Å². The largest absolute Gasteiger partial charge is 0.294 e. The van der Waals surface area contributed by atoms with Crippen LogP contribution in [0.1, 0.15) is 246 Å². The van der Waals surface area contributed by atoms with Crippen molar-refractivity contribution in [1.29, 1.82) is 0 Å². The summed E-state index contributed by atoms with van der Waals surface area (Å²) in [5.74, 6) is 14.6. The first kappa shape index (κ1) is 43.8. The van der Waals surface area contributed by atoms with Gasteiger partial charge in [0.25, 0.3) is 0 Å². The highest BCUT2D eigenvalue weighted by molar-refractivity contribution is 5.05. The van der Waals surface area contributed by atoms with Gasteiger partial charge in [0.2, 0.25) is 0 Å². The Labute approximate surface area is 373 Å². The number of hydrogen-bond acceptors (Lipinski definition) is 2. The molecule has 0 bridgehead atoms. The van der Waals surface area contributed by atoms with Gasteiger partial charge in [0.1, 0.15) is 0 Å². The number of nitrogens with zero attached hydrogens (tertiary/aromatic N) is 2. The van der Waals surface area contributed by atoms with Gasteiger partial charge in [-0.15, -0.1) is 0 Å². The molecule has 0 heterocycles. The Morgan fingerprint density at radius 1 is 0.233 bits per heavy atom. The van der Waals surface area contributed by atoms with Gasteiger partial charge < -0.3 is 0 Å². The molecule has 0 spiro atoms. The number of rotatable bonds is 10. The molecule has 0 saturated heterocycles. The Morgan fingerprint density at radius 3 is 0.750 bits per heavy atom. The monoisotopic (exact) mass is 825 g/mol. The normalized spacial score (nSPS) is 50.7. The van der Waals surface area contributed by atoms with Gasteiger partial charge in [-0.2, -0.15) is 0 Å². The minimum atomic E-state index is 0.896. The molecular formula is C58H100N2.